The fourth-order valence-corrected chi connectivity index (χ4v) is 5.57. The minimum absolute atomic E-state index is 0.149. The average Bonchev–Trinajstić information content (AvgIpc) is 3.18. The Hall–Kier alpha value is -2.27. The first kappa shape index (κ1) is 23.4. The molecular weight excluding hydrogens is 488 g/mol. The molecule has 0 spiro atoms. The topological polar surface area (TPSA) is 116 Å². The smallest absolute Gasteiger partial charge is 0.404 e. The van der Waals surface area contributed by atoms with Gasteiger partial charge < -0.3 is 20.2 Å². The lowest BCUT2D eigenvalue weighted by Crippen LogP contribution is -2.26. The Morgan fingerprint density at radius 1 is 1.42 bits per heavy atom. The number of methoxy groups -OCH3 is 1. The van der Waals surface area contributed by atoms with Gasteiger partial charge in [-0.15, -0.1) is 11.3 Å². The Bertz CT molecular complexity index is 1050. The van der Waals surface area contributed by atoms with Crippen molar-refractivity contribution in [1.82, 2.24) is 9.78 Å². The van der Waals surface area contributed by atoms with E-state index in [-0.39, 0.29) is 22.3 Å². The number of rotatable bonds is 5. The number of hydrogen-bond donors (Lipinski definition) is 1. The fourth-order valence-electron chi connectivity index (χ4n) is 3.81. The summed E-state index contributed by atoms with van der Waals surface area (Å²) in [6, 6.07) is 0. The number of nitro groups is 1. The Balaban J connectivity index is 1.87. The van der Waals surface area contributed by atoms with Crippen molar-refractivity contribution in [3.05, 3.63) is 36.3 Å². The van der Waals surface area contributed by atoms with Crippen molar-refractivity contribution in [3.63, 3.8) is 0 Å². The number of halogens is 1. The van der Waals surface area contributed by atoms with Crippen LogP contribution in [0.3, 0.4) is 0 Å². The molecule has 0 saturated carbocycles. The van der Waals surface area contributed by atoms with Crippen LogP contribution in [0.1, 0.15) is 53.7 Å². The van der Waals surface area contributed by atoms with E-state index in [1.54, 1.807) is 6.92 Å². The summed E-state index contributed by atoms with van der Waals surface area (Å²) in [6.07, 6.45) is 2.57. The van der Waals surface area contributed by atoms with Crippen LogP contribution >= 0.6 is 27.3 Å². The second-order valence-corrected chi connectivity index (χ2v) is 10.6. The molecule has 2 aromatic heterocycles. The van der Waals surface area contributed by atoms with Gasteiger partial charge in [0.25, 0.3) is 0 Å². The molecule has 3 rings (SSSR count). The van der Waals surface area contributed by atoms with Gasteiger partial charge in [0.15, 0.2) is 0 Å². The molecule has 1 N–H and O–H groups in total. The first-order valence-electron chi connectivity index (χ1n) is 9.84. The largest absolute Gasteiger partial charge is 0.465 e. The van der Waals surface area contributed by atoms with Gasteiger partial charge in [-0.25, -0.2) is 4.79 Å². The third-order valence-electron chi connectivity index (χ3n) is 5.72. The zero-order valence-electron chi connectivity index (χ0n) is 18.1. The van der Waals surface area contributed by atoms with Gasteiger partial charge >= 0.3 is 11.8 Å². The molecule has 0 saturated heterocycles. The summed E-state index contributed by atoms with van der Waals surface area (Å²) < 4.78 is 6.48. The van der Waals surface area contributed by atoms with Crippen LogP contribution in [-0.2, 0) is 28.9 Å². The predicted octanol–water partition coefficient (Wildman–Crippen LogP) is 4.50. The maximum Gasteiger partial charge on any atom is 0.404 e. The molecule has 0 fully saturated rings. The van der Waals surface area contributed by atoms with Gasteiger partial charge in [0.2, 0.25) is 5.91 Å². The zero-order valence-corrected chi connectivity index (χ0v) is 20.5. The van der Waals surface area contributed by atoms with Crippen molar-refractivity contribution in [2.24, 2.45) is 11.3 Å². The SMILES string of the molecule is COC(=O)c1c(NC(=O)Cn2nc([N+](=O)[O-])c(Br)c2C)sc2c1CC[C@@H](C(C)(C)C)C2. The second-order valence-electron chi connectivity index (χ2n) is 8.69. The molecule has 1 atom stereocenters. The van der Waals surface area contributed by atoms with Crippen molar-refractivity contribution in [3.8, 4) is 0 Å². The summed E-state index contributed by atoms with van der Waals surface area (Å²) in [4.78, 5) is 36.8. The third-order valence-corrected chi connectivity index (χ3v) is 7.81. The predicted molar refractivity (Wildman–Crippen MR) is 121 cm³/mol. The van der Waals surface area contributed by atoms with Crippen LogP contribution in [0.25, 0.3) is 0 Å². The van der Waals surface area contributed by atoms with Gasteiger partial charge in [0, 0.05) is 4.88 Å². The highest BCUT2D eigenvalue weighted by Gasteiger charge is 2.34. The van der Waals surface area contributed by atoms with Gasteiger partial charge in [-0.3, -0.25) is 4.79 Å². The van der Waals surface area contributed by atoms with E-state index in [9.17, 15) is 19.7 Å². The standard InChI is InChI=1S/C20H25BrN4O5S/c1-10-16(21)17(25(28)29)23-24(10)9-14(26)22-18-15(19(27)30-5)12-7-6-11(20(2,3)4)8-13(12)31-18/h11H,6-9H2,1-5H3,(H,22,26)/t11-/m1/s1. The Kier molecular flexibility index (Phi) is 6.56. The van der Waals surface area contributed by atoms with E-state index >= 15 is 0 Å². The van der Waals surface area contributed by atoms with Crippen molar-refractivity contribution in [2.45, 2.75) is 53.5 Å². The number of fused-ring (bicyclic) bond motifs is 1. The van der Waals surface area contributed by atoms with Crippen LogP contribution in [0.2, 0.25) is 0 Å². The van der Waals surface area contributed by atoms with E-state index in [2.05, 4.69) is 47.1 Å². The summed E-state index contributed by atoms with van der Waals surface area (Å²) in [5, 5.41) is 18.2. The van der Waals surface area contributed by atoms with Crippen LogP contribution in [0, 0.1) is 28.4 Å². The van der Waals surface area contributed by atoms with Crippen molar-refractivity contribution < 1.29 is 19.2 Å². The van der Waals surface area contributed by atoms with E-state index in [0.29, 0.717) is 22.2 Å². The van der Waals surface area contributed by atoms with E-state index < -0.39 is 16.8 Å². The van der Waals surface area contributed by atoms with Gasteiger partial charge in [-0.2, -0.15) is 4.68 Å². The number of nitrogens with zero attached hydrogens (tertiary/aromatic N) is 3. The first-order valence-corrected chi connectivity index (χ1v) is 11.4. The van der Waals surface area contributed by atoms with Crippen molar-refractivity contribution >= 4 is 50.0 Å². The number of thiophene rings is 1. The summed E-state index contributed by atoms with van der Waals surface area (Å²) in [7, 11) is 1.32. The summed E-state index contributed by atoms with van der Waals surface area (Å²) in [5.41, 5.74) is 1.97. The third kappa shape index (κ3) is 4.67. The molecule has 0 aromatic carbocycles. The number of esters is 1. The Morgan fingerprint density at radius 2 is 2.10 bits per heavy atom. The van der Waals surface area contributed by atoms with Gasteiger partial charge in [-0.1, -0.05) is 20.8 Å². The van der Waals surface area contributed by atoms with E-state index in [0.717, 1.165) is 29.7 Å². The van der Waals surface area contributed by atoms with Crippen LogP contribution in [0.15, 0.2) is 4.47 Å². The average molecular weight is 513 g/mol. The summed E-state index contributed by atoms with van der Waals surface area (Å²) in [6.45, 7) is 8.05. The van der Waals surface area contributed by atoms with E-state index in [1.165, 1.54) is 23.1 Å². The van der Waals surface area contributed by atoms with E-state index in [1.807, 2.05) is 0 Å². The number of nitrogens with one attached hydrogen (secondary N) is 1. The fraction of sp³-hybridized carbons (Fsp3) is 0.550. The number of aromatic nitrogens is 2. The van der Waals surface area contributed by atoms with Crippen LogP contribution in [-0.4, -0.2) is 33.7 Å². The zero-order chi connectivity index (χ0) is 23.1. The molecule has 1 aliphatic carbocycles. The molecule has 2 heterocycles. The molecule has 0 aliphatic heterocycles. The molecule has 31 heavy (non-hydrogen) atoms. The molecule has 0 bridgehead atoms. The van der Waals surface area contributed by atoms with Crippen molar-refractivity contribution in [1.29, 1.82) is 0 Å². The van der Waals surface area contributed by atoms with Crippen LogP contribution in [0.5, 0.6) is 0 Å². The maximum absolute atomic E-state index is 12.7. The quantitative estimate of drug-likeness (QED) is 0.358. The number of amides is 1. The lowest BCUT2D eigenvalue weighted by atomic mass is 9.72. The van der Waals surface area contributed by atoms with E-state index in [4.69, 9.17) is 4.74 Å². The lowest BCUT2D eigenvalue weighted by molar-refractivity contribution is -0.390. The summed E-state index contributed by atoms with van der Waals surface area (Å²) in [5.74, 6) is -0.766. The molecule has 168 valence electrons. The first-order chi connectivity index (χ1) is 14.4. The second kappa shape index (κ2) is 8.70. The minimum atomic E-state index is -0.611. The monoisotopic (exact) mass is 512 g/mol. The normalized spacial score (nSPS) is 16.0. The summed E-state index contributed by atoms with van der Waals surface area (Å²) >= 11 is 4.54. The number of ether oxygens (including phenoxy) is 1. The highest BCUT2D eigenvalue weighted by Crippen LogP contribution is 2.44. The highest BCUT2D eigenvalue weighted by atomic mass is 79.9. The molecule has 11 heteroatoms. The van der Waals surface area contributed by atoms with Crippen molar-refractivity contribution in [2.75, 3.05) is 12.4 Å². The molecule has 1 amide bonds. The molecule has 9 nitrogen and oxygen atoms in total. The van der Waals surface area contributed by atoms with Gasteiger partial charge in [0.05, 0.1) is 23.5 Å². The van der Waals surface area contributed by atoms with Crippen LogP contribution in [0.4, 0.5) is 10.8 Å². The van der Waals surface area contributed by atoms with Crippen LogP contribution < -0.4 is 5.32 Å². The highest BCUT2D eigenvalue weighted by molar-refractivity contribution is 9.10. The molecule has 0 radical (unpaired) electrons. The number of carbonyl (C=O) groups is 2. The molecular formula is C20H25BrN4O5S. The minimum Gasteiger partial charge on any atom is -0.465 e. The number of hydrogen-bond acceptors (Lipinski definition) is 7. The van der Waals surface area contributed by atoms with Gasteiger partial charge in [-0.05, 0) is 63.9 Å². The lowest BCUT2D eigenvalue weighted by Gasteiger charge is -2.33. The number of carbonyl (C=O) groups excluding carboxylic acids is 2. The molecule has 2 aromatic rings. The Morgan fingerprint density at radius 3 is 2.65 bits per heavy atom. The maximum atomic E-state index is 12.7. The van der Waals surface area contributed by atoms with Gasteiger partial charge in [0.1, 0.15) is 16.0 Å². The Labute approximate surface area is 192 Å². The number of anilines is 1. The molecule has 0 unspecified atom stereocenters. The molecule has 1 aliphatic rings.